The predicted molar refractivity (Wildman–Crippen MR) is 64.6 cm³/mol. The summed E-state index contributed by atoms with van der Waals surface area (Å²) in [4.78, 5) is 12.3. The van der Waals surface area contributed by atoms with Crippen LogP contribution in [0, 0.1) is 0 Å². The Balaban J connectivity index is 2.32. The number of rotatable bonds is 5. The van der Waals surface area contributed by atoms with Gasteiger partial charge in [-0.3, -0.25) is 9.48 Å². The number of carbonyl (C=O) groups excluding carboxylic acids is 1. The highest BCUT2D eigenvalue weighted by molar-refractivity contribution is 6.34. The third-order valence-corrected chi connectivity index (χ3v) is 2.64. The summed E-state index contributed by atoms with van der Waals surface area (Å²) in [5, 5.41) is 11.7. The Kier molecular flexibility index (Phi) is 4.01. The van der Waals surface area contributed by atoms with Gasteiger partial charge in [0.05, 0.1) is 36.8 Å². The number of ether oxygens (including phenoxy) is 1. The van der Waals surface area contributed by atoms with E-state index in [9.17, 15) is 4.79 Å². The molecule has 2 aromatic rings. The Bertz CT molecular complexity index is 541. The summed E-state index contributed by atoms with van der Waals surface area (Å²) in [5.41, 5.74) is 0.757. The summed E-state index contributed by atoms with van der Waals surface area (Å²) in [6.45, 7) is 0.912. The van der Waals surface area contributed by atoms with Gasteiger partial charge in [0.2, 0.25) is 5.78 Å². The maximum atomic E-state index is 12.3. The van der Waals surface area contributed by atoms with E-state index in [4.69, 9.17) is 16.3 Å². The topological polar surface area (TPSA) is 69.9 Å². The molecule has 0 radical (unpaired) electrons. The van der Waals surface area contributed by atoms with Crippen LogP contribution < -0.4 is 0 Å². The van der Waals surface area contributed by atoms with Crippen molar-refractivity contribution in [2.75, 3.05) is 13.7 Å². The lowest BCUT2D eigenvalue weighted by Crippen LogP contribution is -2.15. The lowest BCUT2D eigenvalue weighted by atomic mass is 10.1. The normalized spacial score (nSPS) is 10.6. The monoisotopic (exact) mass is 266 g/mol. The minimum absolute atomic E-state index is 0.233. The van der Waals surface area contributed by atoms with Gasteiger partial charge >= 0.3 is 0 Å². The van der Waals surface area contributed by atoms with E-state index < -0.39 is 0 Å². The van der Waals surface area contributed by atoms with Gasteiger partial charge in [0.1, 0.15) is 5.69 Å². The molecule has 6 nitrogen and oxygen atoms in total. The molecule has 2 heterocycles. The first-order valence-corrected chi connectivity index (χ1v) is 5.63. The maximum absolute atomic E-state index is 12.3. The fourth-order valence-corrected chi connectivity index (χ4v) is 1.72. The fourth-order valence-electron chi connectivity index (χ4n) is 1.50. The molecule has 18 heavy (non-hydrogen) atoms. The van der Waals surface area contributed by atoms with Crippen molar-refractivity contribution < 1.29 is 9.53 Å². The van der Waals surface area contributed by atoms with Crippen molar-refractivity contribution >= 4 is 17.4 Å². The van der Waals surface area contributed by atoms with E-state index in [0.717, 1.165) is 0 Å². The van der Waals surface area contributed by atoms with Crippen LogP contribution in [0.2, 0.25) is 5.02 Å². The third kappa shape index (κ3) is 2.55. The predicted octanol–water partition coefficient (Wildman–Crippen LogP) is 1.20. The van der Waals surface area contributed by atoms with Gasteiger partial charge in [-0.15, -0.1) is 0 Å². The van der Waals surface area contributed by atoms with E-state index in [-0.39, 0.29) is 5.78 Å². The molecule has 2 aromatic heterocycles. The van der Waals surface area contributed by atoms with Crippen LogP contribution in [-0.4, -0.2) is 39.5 Å². The average Bonchev–Trinajstić information content (AvgIpc) is 2.77. The summed E-state index contributed by atoms with van der Waals surface area (Å²) < 4.78 is 6.48. The molecule has 0 bridgehead atoms. The average molecular weight is 267 g/mol. The van der Waals surface area contributed by atoms with Gasteiger partial charge in [0.25, 0.3) is 0 Å². The fraction of sp³-hybridized carbons (Fsp3) is 0.273. The molecular formula is C11H11ClN4O2. The summed E-state index contributed by atoms with van der Waals surface area (Å²) in [5.74, 6) is -0.233. The lowest BCUT2D eigenvalue weighted by molar-refractivity contribution is 0.102. The van der Waals surface area contributed by atoms with E-state index in [1.165, 1.54) is 23.3 Å². The second-order valence-corrected chi connectivity index (χ2v) is 3.92. The van der Waals surface area contributed by atoms with Gasteiger partial charge in [-0.05, 0) is 6.07 Å². The Morgan fingerprint density at radius 2 is 2.28 bits per heavy atom. The zero-order valence-corrected chi connectivity index (χ0v) is 10.5. The minimum Gasteiger partial charge on any atom is -0.383 e. The second kappa shape index (κ2) is 5.70. The molecule has 2 rings (SSSR count). The number of nitrogens with zero attached hydrogens (tertiary/aromatic N) is 4. The van der Waals surface area contributed by atoms with Crippen LogP contribution in [0.5, 0.6) is 0 Å². The number of aromatic nitrogens is 4. The van der Waals surface area contributed by atoms with Crippen molar-refractivity contribution in [1.29, 1.82) is 0 Å². The highest BCUT2D eigenvalue weighted by Crippen LogP contribution is 2.18. The molecule has 0 atom stereocenters. The van der Waals surface area contributed by atoms with Gasteiger partial charge in [0, 0.05) is 12.7 Å². The highest BCUT2D eigenvalue weighted by atomic mass is 35.5. The Morgan fingerprint density at radius 1 is 1.44 bits per heavy atom. The molecule has 0 aromatic carbocycles. The number of hydrogen-bond acceptors (Lipinski definition) is 5. The number of ketones is 1. The number of methoxy groups -OCH3 is 1. The molecule has 0 N–H and O–H groups in total. The van der Waals surface area contributed by atoms with E-state index in [1.54, 1.807) is 13.2 Å². The van der Waals surface area contributed by atoms with Crippen molar-refractivity contribution in [2.45, 2.75) is 6.54 Å². The van der Waals surface area contributed by atoms with Crippen molar-refractivity contribution in [3.05, 3.63) is 40.9 Å². The van der Waals surface area contributed by atoms with Crippen molar-refractivity contribution in [2.24, 2.45) is 0 Å². The van der Waals surface area contributed by atoms with E-state index in [2.05, 4.69) is 15.3 Å². The number of halogens is 1. The SMILES string of the molecule is COCCn1ncc(Cl)c1C(=O)c1ccnnc1. The first-order valence-electron chi connectivity index (χ1n) is 5.25. The Morgan fingerprint density at radius 3 is 2.94 bits per heavy atom. The van der Waals surface area contributed by atoms with Gasteiger partial charge in [-0.25, -0.2) is 0 Å². The first-order chi connectivity index (χ1) is 8.74. The molecule has 0 saturated carbocycles. The van der Waals surface area contributed by atoms with Crippen LogP contribution in [0.4, 0.5) is 0 Å². The number of carbonyl (C=O) groups is 1. The molecule has 94 valence electrons. The standard InChI is InChI=1S/C11H11ClN4O2/c1-18-5-4-16-10(9(12)7-15-16)11(17)8-2-3-13-14-6-8/h2-3,6-7H,4-5H2,1H3. The molecule has 7 heteroatoms. The third-order valence-electron chi connectivity index (χ3n) is 2.36. The molecule has 0 unspecified atom stereocenters. The maximum Gasteiger partial charge on any atom is 0.214 e. The van der Waals surface area contributed by atoms with Crippen molar-refractivity contribution in [3.63, 3.8) is 0 Å². The van der Waals surface area contributed by atoms with Gasteiger partial charge in [-0.1, -0.05) is 11.6 Å². The second-order valence-electron chi connectivity index (χ2n) is 3.52. The van der Waals surface area contributed by atoms with Crippen LogP contribution in [0.3, 0.4) is 0 Å². The zero-order valence-electron chi connectivity index (χ0n) is 9.71. The van der Waals surface area contributed by atoms with E-state index in [0.29, 0.717) is 29.4 Å². The molecule has 0 aliphatic carbocycles. The Hall–Kier alpha value is -1.79. The van der Waals surface area contributed by atoms with E-state index >= 15 is 0 Å². The van der Waals surface area contributed by atoms with Crippen molar-refractivity contribution in [1.82, 2.24) is 20.0 Å². The molecule has 0 spiro atoms. The van der Waals surface area contributed by atoms with E-state index in [1.807, 2.05) is 0 Å². The Labute approximate surface area is 109 Å². The van der Waals surface area contributed by atoms with Crippen LogP contribution in [0.1, 0.15) is 16.1 Å². The van der Waals surface area contributed by atoms with Crippen LogP contribution in [0.25, 0.3) is 0 Å². The largest absolute Gasteiger partial charge is 0.383 e. The summed E-state index contributed by atoms with van der Waals surface area (Å²) in [6.07, 6.45) is 4.29. The summed E-state index contributed by atoms with van der Waals surface area (Å²) >= 11 is 5.99. The van der Waals surface area contributed by atoms with Crippen LogP contribution in [-0.2, 0) is 11.3 Å². The van der Waals surface area contributed by atoms with Gasteiger partial charge in [0.15, 0.2) is 0 Å². The molecule has 0 aliphatic rings. The molecular weight excluding hydrogens is 256 g/mol. The molecule has 0 saturated heterocycles. The smallest absolute Gasteiger partial charge is 0.214 e. The summed E-state index contributed by atoms with van der Waals surface area (Å²) in [7, 11) is 1.58. The van der Waals surface area contributed by atoms with Gasteiger partial charge in [-0.2, -0.15) is 15.3 Å². The number of hydrogen-bond donors (Lipinski definition) is 0. The minimum atomic E-state index is -0.233. The van der Waals surface area contributed by atoms with Crippen LogP contribution >= 0.6 is 11.6 Å². The molecule has 0 amide bonds. The lowest BCUT2D eigenvalue weighted by Gasteiger charge is -2.06. The van der Waals surface area contributed by atoms with Crippen LogP contribution in [0.15, 0.2) is 24.7 Å². The summed E-state index contributed by atoms with van der Waals surface area (Å²) in [6, 6.07) is 1.58. The first kappa shape index (κ1) is 12.7. The van der Waals surface area contributed by atoms with Gasteiger partial charge < -0.3 is 4.74 Å². The molecule has 0 fully saturated rings. The zero-order chi connectivity index (χ0) is 13.0. The van der Waals surface area contributed by atoms with Crippen molar-refractivity contribution in [3.8, 4) is 0 Å². The highest BCUT2D eigenvalue weighted by Gasteiger charge is 2.19. The molecule has 0 aliphatic heterocycles. The quantitative estimate of drug-likeness (QED) is 0.761.